The van der Waals surface area contributed by atoms with Gasteiger partial charge in [0.1, 0.15) is 11.4 Å². The zero-order valence-corrected chi connectivity index (χ0v) is 7.41. The van der Waals surface area contributed by atoms with Gasteiger partial charge in [0.05, 0.1) is 13.7 Å². The number of ether oxygens (including phenoxy) is 2. The molecule has 0 spiro atoms. The Balaban J connectivity index is 2.68. The first-order chi connectivity index (χ1) is 5.88. The van der Waals surface area contributed by atoms with Crippen molar-refractivity contribution in [3.05, 3.63) is 24.0 Å². The van der Waals surface area contributed by atoms with Crippen LogP contribution in [-0.4, -0.2) is 18.7 Å². The van der Waals surface area contributed by atoms with E-state index in [1.54, 1.807) is 13.3 Å². The van der Waals surface area contributed by atoms with Crippen molar-refractivity contribution in [2.24, 2.45) is 0 Å². The maximum Gasteiger partial charge on any atom is 0.142 e. The summed E-state index contributed by atoms with van der Waals surface area (Å²) >= 11 is 0. The molecule has 1 heterocycles. The lowest BCUT2D eigenvalue weighted by Crippen LogP contribution is -1.98. The lowest BCUT2D eigenvalue weighted by molar-refractivity contribution is 0.129. The maximum atomic E-state index is 5.22. The van der Waals surface area contributed by atoms with Gasteiger partial charge in [0.25, 0.3) is 0 Å². The van der Waals surface area contributed by atoms with Gasteiger partial charge in [-0.2, -0.15) is 0 Å². The molecule has 0 amide bonds. The summed E-state index contributed by atoms with van der Waals surface area (Å²) < 4.78 is 10.3. The molecule has 0 saturated heterocycles. The molecule has 0 bridgehead atoms. The summed E-state index contributed by atoms with van der Waals surface area (Å²) in [6, 6.07) is 3.72. The van der Waals surface area contributed by atoms with E-state index in [4.69, 9.17) is 9.47 Å². The van der Waals surface area contributed by atoms with Crippen molar-refractivity contribution in [1.82, 2.24) is 4.98 Å². The molecule has 1 aromatic heterocycles. The highest BCUT2D eigenvalue weighted by atomic mass is 16.5. The lowest BCUT2D eigenvalue weighted by atomic mass is 10.3. The molecule has 66 valence electrons. The first-order valence-corrected chi connectivity index (χ1v) is 3.94. The highest BCUT2D eigenvalue weighted by Gasteiger charge is 2.01. The Morgan fingerprint density at radius 3 is 3.00 bits per heavy atom. The number of rotatable bonds is 4. The zero-order valence-electron chi connectivity index (χ0n) is 7.41. The first kappa shape index (κ1) is 9.00. The second-order valence-electron chi connectivity index (χ2n) is 2.29. The Labute approximate surface area is 72.3 Å². The largest absolute Gasteiger partial charge is 0.495 e. The van der Waals surface area contributed by atoms with Crippen LogP contribution >= 0.6 is 0 Å². The van der Waals surface area contributed by atoms with Crippen molar-refractivity contribution in [2.45, 2.75) is 13.5 Å². The van der Waals surface area contributed by atoms with E-state index in [2.05, 4.69) is 4.98 Å². The van der Waals surface area contributed by atoms with Crippen molar-refractivity contribution in [3.63, 3.8) is 0 Å². The summed E-state index contributed by atoms with van der Waals surface area (Å²) in [5.74, 6) is 0.783. The molecule has 0 saturated carbocycles. The van der Waals surface area contributed by atoms with Crippen LogP contribution in [0.25, 0.3) is 0 Å². The molecule has 0 aliphatic rings. The van der Waals surface area contributed by atoms with Crippen LogP contribution in [0.2, 0.25) is 0 Å². The van der Waals surface area contributed by atoms with E-state index in [0.29, 0.717) is 13.2 Å². The average Bonchev–Trinajstić information content (AvgIpc) is 2.15. The van der Waals surface area contributed by atoms with E-state index in [1.807, 2.05) is 19.1 Å². The van der Waals surface area contributed by atoms with Crippen LogP contribution in [0.1, 0.15) is 12.6 Å². The number of aromatic nitrogens is 1. The van der Waals surface area contributed by atoms with Gasteiger partial charge in [-0.25, -0.2) is 0 Å². The Bertz CT molecular complexity index is 238. The molecular weight excluding hydrogens is 154 g/mol. The van der Waals surface area contributed by atoms with Crippen LogP contribution < -0.4 is 4.74 Å². The molecule has 3 heteroatoms. The fourth-order valence-electron chi connectivity index (χ4n) is 0.916. The Morgan fingerprint density at radius 1 is 1.50 bits per heavy atom. The van der Waals surface area contributed by atoms with Crippen LogP contribution in [-0.2, 0) is 11.3 Å². The van der Waals surface area contributed by atoms with E-state index >= 15 is 0 Å². The SMILES string of the molecule is CCOCc1ncccc1OC. The Hall–Kier alpha value is -1.09. The van der Waals surface area contributed by atoms with E-state index in [0.717, 1.165) is 11.4 Å². The number of hydrogen-bond acceptors (Lipinski definition) is 3. The van der Waals surface area contributed by atoms with Gasteiger partial charge in [-0.15, -0.1) is 0 Å². The predicted molar refractivity (Wildman–Crippen MR) is 46.1 cm³/mol. The Kier molecular flexibility index (Phi) is 3.54. The lowest BCUT2D eigenvalue weighted by Gasteiger charge is -2.05. The quantitative estimate of drug-likeness (QED) is 0.683. The summed E-state index contributed by atoms with van der Waals surface area (Å²) in [6.07, 6.45) is 1.73. The van der Waals surface area contributed by atoms with Crippen molar-refractivity contribution < 1.29 is 9.47 Å². The minimum absolute atomic E-state index is 0.514. The fraction of sp³-hybridized carbons (Fsp3) is 0.444. The zero-order chi connectivity index (χ0) is 8.81. The van der Waals surface area contributed by atoms with Gasteiger partial charge < -0.3 is 9.47 Å². The molecule has 1 rings (SSSR count). The normalized spacial score (nSPS) is 9.83. The van der Waals surface area contributed by atoms with Crippen LogP contribution in [0, 0.1) is 0 Å². The van der Waals surface area contributed by atoms with E-state index in [-0.39, 0.29) is 0 Å². The predicted octanol–water partition coefficient (Wildman–Crippen LogP) is 1.63. The molecule has 3 nitrogen and oxygen atoms in total. The Morgan fingerprint density at radius 2 is 2.33 bits per heavy atom. The summed E-state index contributed by atoms with van der Waals surface area (Å²) in [5, 5.41) is 0. The molecule has 12 heavy (non-hydrogen) atoms. The third-order valence-electron chi connectivity index (χ3n) is 1.51. The number of hydrogen-bond donors (Lipinski definition) is 0. The van der Waals surface area contributed by atoms with Crippen molar-refractivity contribution >= 4 is 0 Å². The molecule has 0 aromatic carbocycles. The van der Waals surface area contributed by atoms with Crippen molar-refractivity contribution in [1.29, 1.82) is 0 Å². The number of methoxy groups -OCH3 is 1. The monoisotopic (exact) mass is 167 g/mol. The third kappa shape index (κ3) is 2.20. The third-order valence-corrected chi connectivity index (χ3v) is 1.51. The molecular formula is C9H13NO2. The van der Waals surface area contributed by atoms with Gasteiger partial charge in [-0.05, 0) is 19.1 Å². The van der Waals surface area contributed by atoms with Crippen LogP contribution in [0.5, 0.6) is 5.75 Å². The van der Waals surface area contributed by atoms with Gasteiger partial charge in [-0.3, -0.25) is 4.98 Å². The summed E-state index contributed by atoms with van der Waals surface area (Å²) in [7, 11) is 1.63. The molecule has 0 fully saturated rings. The number of pyridine rings is 1. The second kappa shape index (κ2) is 4.72. The molecule has 0 unspecified atom stereocenters. The smallest absolute Gasteiger partial charge is 0.142 e. The minimum Gasteiger partial charge on any atom is -0.495 e. The van der Waals surface area contributed by atoms with Gasteiger partial charge in [0.2, 0.25) is 0 Å². The van der Waals surface area contributed by atoms with Crippen LogP contribution in [0.15, 0.2) is 18.3 Å². The number of nitrogens with zero attached hydrogens (tertiary/aromatic N) is 1. The standard InChI is InChI=1S/C9H13NO2/c1-3-12-7-8-9(11-2)5-4-6-10-8/h4-6H,3,7H2,1-2H3. The topological polar surface area (TPSA) is 31.4 Å². The first-order valence-electron chi connectivity index (χ1n) is 3.94. The highest BCUT2D eigenvalue weighted by molar-refractivity contribution is 5.25. The van der Waals surface area contributed by atoms with Crippen LogP contribution in [0.3, 0.4) is 0 Å². The van der Waals surface area contributed by atoms with E-state index < -0.39 is 0 Å². The van der Waals surface area contributed by atoms with Crippen molar-refractivity contribution in [3.8, 4) is 5.75 Å². The molecule has 1 aromatic rings. The van der Waals surface area contributed by atoms with Crippen LogP contribution in [0.4, 0.5) is 0 Å². The average molecular weight is 167 g/mol. The highest BCUT2D eigenvalue weighted by Crippen LogP contribution is 2.14. The minimum atomic E-state index is 0.514. The summed E-state index contributed by atoms with van der Waals surface area (Å²) in [4.78, 5) is 4.14. The van der Waals surface area contributed by atoms with E-state index in [1.165, 1.54) is 0 Å². The van der Waals surface area contributed by atoms with Crippen molar-refractivity contribution in [2.75, 3.05) is 13.7 Å². The van der Waals surface area contributed by atoms with Gasteiger partial charge in [0.15, 0.2) is 0 Å². The molecule has 0 N–H and O–H groups in total. The second-order valence-corrected chi connectivity index (χ2v) is 2.29. The maximum absolute atomic E-state index is 5.22. The molecule has 0 atom stereocenters. The molecule has 0 aliphatic carbocycles. The summed E-state index contributed by atoms with van der Waals surface area (Å²) in [6.45, 7) is 3.16. The molecule has 0 radical (unpaired) electrons. The van der Waals surface area contributed by atoms with Gasteiger partial charge in [-0.1, -0.05) is 0 Å². The van der Waals surface area contributed by atoms with E-state index in [9.17, 15) is 0 Å². The fourth-order valence-corrected chi connectivity index (χ4v) is 0.916. The summed E-state index contributed by atoms with van der Waals surface area (Å²) in [5.41, 5.74) is 0.849. The van der Waals surface area contributed by atoms with Gasteiger partial charge in [0, 0.05) is 12.8 Å². The molecule has 0 aliphatic heterocycles. The van der Waals surface area contributed by atoms with Gasteiger partial charge >= 0.3 is 0 Å².